The van der Waals surface area contributed by atoms with Crippen LogP contribution >= 0.6 is 11.6 Å². The highest BCUT2D eigenvalue weighted by atomic mass is 35.5. The van der Waals surface area contributed by atoms with Crippen LogP contribution in [0.25, 0.3) is 0 Å². The third-order valence-corrected chi connectivity index (χ3v) is 5.42. The third kappa shape index (κ3) is 3.28. The topological polar surface area (TPSA) is 76.0 Å². The quantitative estimate of drug-likeness (QED) is 0.863. The van der Waals surface area contributed by atoms with Gasteiger partial charge in [0.15, 0.2) is 0 Å². The molecule has 1 aliphatic rings. The Labute approximate surface area is 118 Å². The van der Waals surface area contributed by atoms with Gasteiger partial charge in [0.1, 0.15) is 10.0 Å². The van der Waals surface area contributed by atoms with E-state index in [4.69, 9.17) is 11.6 Å². The normalized spacial score (nSPS) is 20.7. The molecule has 0 aliphatic carbocycles. The van der Waals surface area contributed by atoms with Crippen molar-refractivity contribution in [2.24, 2.45) is 7.05 Å². The summed E-state index contributed by atoms with van der Waals surface area (Å²) in [7, 11) is -1.98. The van der Waals surface area contributed by atoms with Crippen molar-refractivity contribution in [3.63, 3.8) is 0 Å². The van der Waals surface area contributed by atoms with Crippen LogP contribution in [0.4, 0.5) is 0 Å². The molecule has 2 rings (SSSR count). The average molecular weight is 307 g/mol. The Hall–Kier alpha value is -0.630. The van der Waals surface area contributed by atoms with E-state index >= 15 is 0 Å². The summed E-state index contributed by atoms with van der Waals surface area (Å²) < 4.78 is 28.5. The molecule has 19 heavy (non-hydrogen) atoms. The van der Waals surface area contributed by atoms with Crippen molar-refractivity contribution >= 4 is 21.6 Å². The Balaban J connectivity index is 2.09. The number of nitrogens with zero attached hydrogens (tertiary/aromatic N) is 2. The second kappa shape index (κ2) is 5.78. The number of piperidine rings is 1. The lowest BCUT2D eigenvalue weighted by molar-refractivity contribution is 0.398. The summed E-state index contributed by atoms with van der Waals surface area (Å²) in [5.74, 6) is 0. The van der Waals surface area contributed by atoms with Crippen molar-refractivity contribution in [2.75, 3.05) is 13.1 Å². The molecule has 0 unspecified atom stereocenters. The van der Waals surface area contributed by atoms with Gasteiger partial charge in [-0.05, 0) is 26.3 Å². The molecule has 6 nitrogen and oxygen atoms in total. The fourth-order valence-corrected chi connectivity index (χ4v) is 4.12. The molecule has 0 aromatic carbocycles. The van der Waals surface area contributed by atoms with E-state index in [-0.39, 0.29) is 16.1 Å². The Morgan fingerprint density at radius 1 is 1.53 bits per heavy atom. The molecule has 8 heteroatoms. The minimum Gasteiger partial charge on any atom is -0.313 e. The van der Waals surface area contributed by atoms with Crippen LogP contribution in [0.15, 0.2) is 4.90 Å². The van der Waals surface area contributed by atoms with Crippen molar-refractivity contribution in [3.05, 3.63) is 10.8 Å². The minimum absolute atomic E-state index is 0.0764. The molecular formula is C11H19ClN4O2S. The molecule has 0 radical (unpaired) electrons. The minimum atomic E-state index is -3.61. The summed E-state index contributed by atoms with van der Waals surface area (Å²) >= 11 is 5.99. The molecule has 2 N–H and O–H groups in total. The zero-order valence-corrected chi connectivity index (χ0v) is 12.7. The van der Waals surface area contributed by atoms with Gasteiger partial charge in [0.2, 0.25) is 10.0 Å². The van der Waals surface area contributed by atoms with Crippen molar-refractivity contribution in [3.8, 4) is 0 Å². The van der Waals surface area contributed by atoms with Gasteiger partial charge >= 0.3 is 0 Å². The molecule has 1 aliphatic heterocycles. The number of hydrogen-bond acceptors (Lipinski definition) is 4. The van der Waals surface area contributed by atoms with Crippen molar-refractivity contribution in [1.29, 1.82) is 0 Å². The van der Waals surface area contributed by atoms with Gasteiger partial charge in [0.05, 0.1) is 5.69 Å². The van der Waals surface area contributed by atoms with E-state index in [9.17, 15) is 8.42 Å². The standard InChI is InChI=1S/C11H19ClN4O2S/c1-8-10(11(12)16(2)15-8)19(17,18)14-7-9-5-3-4-6-13-9/h9,13-14H,3-7H2,1-2H3/t9-/m1/s1. The van der Waals surface area contributed by atoms with E-state index in [2.05, 4.69) is 15.1 Å². The number of rotatable bonds is 4. The first kappa shape index (κ1) is 14.8. The van der Waals surface area contributed by atoms with Gasteiger partial charge in [0, 0.05) is 19.6 Å². The maximum atomic E-state index is 12.3. The van der Waals surface area contributed by atoms with Gasteiger partial charge in [0.25, 0.3) is 0 Å². The number of nitrogens with one attached hydrogen (secondary N) is 2. The van der Waals surface area contributed by atoms with Crippen LogP contribution in [-0.2, 0) is 17.1 Å². The lowest BCUT2D eigenvalue weighted by Gasteiger charge is -2.23. The maximum Gasteiger partial charge on any atom is 0.245 e. The molecule has 0 spiro atoms. The van der Waals surface area contributed by atoms with Gasteiger partial charge in [-0.15, -0.1) is 0 Å². The molecule has 1 aromatic rings. The Morgan fingerprint density at radius 2 is 2.26 bits per heavy atom. The highest BCUT2D eigenvalue weighted by molar-refractivity contribution is 7.89. The smallest absolute Gasteiger partial charge is 0.245 e. The van der Waals surface area contributed by atoms with Gasteiger partial charge in [-0.2, -0.15) is 5.10 Å². The number of halogens is 1. The van der Waals surface area contributed by atoms with Crippen LogP contribution in [0, 0.1) is 6.92 Å². The van der Waals surface area contributed by atoms with E-state index in [0.29, 0.717) is 12.2 Å². The van der Waals surface area contributed by atoms with Crippen LogP contribution in [0.2, 0.25) is 5.15 Å². The first-order valence-corrected chi connectivity index (χ1v) is 8.20. The largest absolute Gasteiger partial charge is 0.313 e. The molecule has 1 atom stereocenters. The zero-order valence-electron chi connectivity index (χ0n) is 11.1. The predicted octanol–water partition coefficient (Wildman–Crippen LogP) is 0.802. The van der Waals surface area contributed by atoms with Crippen LogP contribution in [-0.4, -0.2) is 37.3 Å². The monoisotopic (exact) mass is 306 g/mol. The van der Waals surface area contributed by atoms with Gasteiger partial charge in [-0.25, -0.2) is 13.1 Å². The fourth-order valence-electron chi connectivity index (χ4n) is 2.30. The van der Waals surface area contributed by atoms with Crippen LogP contribution < -0.4 is 10.0 Å². The number of aryl methyl sites for hydroxylation is 2. The lowest BCUT2D eigenvalue weighted by atomic mass is 10.1. The molecule has 2 heterocycles. The number of sulfonamides is 1. The van der Waals surface area contributed by atoms with E-state index in [1.54, 1.807) is 14.0 Å². The van der Waals surface area contributed by atoms with Gasteiger partial charge < -0.3 is 5.32 Å². The predicted molar refractivity (Wildman–Crippen MR) is 73.8 cm³/mol. The average Bonchev–Trinajstić information content (AvgIpc) is 2.63. The van der Waals surface area contributed by atoms with Gasteiger partial charge in [-0.3, -0.25) is 4.68 Å². The Kier molecular flexibility index (Phi) is 4.50. The first-order valence-electron chi connectivity index (χ1n) is 6.34. The summed E-state index contributed by atoms with van der Waals surface area (Å²) in [5, 5.41) is 7.46. The summed E-state index contributed by atoms with van der Waals surface area (Å²) in [6, 6.07) is 0.194. The first-order chi connectivity index (χ1) is 8.92. The highest BCUT2D eigenvalue weighted by Gasteiger charge is 2.26. The van der Waals surface area contributed by atoms with E-state index in [1.165, 1.54) is 4.68 Å². The fraction of sp³-hybridized carbons (Fsp3) is 0.727. The lowest BCUT2D eigenvalue weighted by Crippen LogP contribution is -2.43. The molecule has 108 valence electrons. The molecule has 1 saturated heterocycles. The maximum absolute atomic E-state index is 12.3. The van der Waals surface area contributed by atoms with Crippen molar-refractivity contribution in [1.82, 2.24) is 19.8 Å². The van der Waals surface area contributed by atoms with Crippen LogP contribution in [0.5, 0.6) is 0 Å². The van der Waals surface area contributed by atoms with Crippen molar-refractivity contribution < 1.29 is 8.42 Å². The van der Waals surface area contributed by atoms with E-state index in [0.717, 1.165) is 25.8 Å². The zero-order chi connectivity index (χ0) is 14.0. The molecular weight excluding hydrogens is 288 g/mol. The number of aromatic nitrogens is 2. The molecule has 0 bridgehead atoms. The summed E-state index contributed by atoms with van der Waals surface area (Å²) in [6.07, 6.45) is 3.27. The second-order valence-electron chi connectivity index (χ2n) is 4.83. The Bertz CT molecular complexity index is 549. The molecule has 0 amide bonds. The summed E-state index contributed by atoms with van der Waals surface area (Å²) in [5.41, 5.74) is 0.414. The van der Waals surface area contributed by atoms with Crippen molar-refractivity contribution in [2.45, 2.75) is 37.1 Å². The summed E-state index contributed by atoms with van der Waals surface area (Å²) in [4.78, 5) is 0.0764. The van der Waals surface area contributed by atoms with E-state index < -0.39 is 10.0 Å². The summed E-state index contributed by atoms with van der Waals surface area (Å²) in [6.45, 7) is 2.96. The third-order valence-electron chi connectivity index (χ3n) is 3.30. The molecule has 1 aromatic heterocycles. The molecule has 0 saturated carbocycles. The Morgan fingerprint density at radius 3 is 2.79 bits per heavy atom. The molecule has 1 fully saturated rings. The SMILES string of the molecule is Cc1nn(C)c(Cl)c1S(=O)(=O)NC[C@H]1CCCCN1. The number of hydrogen-bond donors (Lipinski definition) is 2. The van der Waals surface area contributed by atoms with Crippen LogP contribution in [0.1, 0.15) is 25.0 Å². The highest BCUT2D eigenvalue weighted by Crippen LogP contribution is 2.23. The van der Waals surface area contributed by atoms with Crippen LogP contribution in [0.3, 0.4) is 0 Å². The van der Waals surface area contributed by atoms with Gasteiger partial charge in [-0.1, -0.05) is 18.0 Å². The second-order valence-corrected chi connectivity index (χ2v) is 6.89. The van der Waals surface area contributed by atoms with E-state index in [1.807, 2.05) is 0 Å².